The van der Waals surface area contributed by atoms with Crippen molar-refractivity contribution in [2.24, 2.45) is 5.73 Å². The Balaban J connectivity index is 1.76. The van der Waals surface area contributed by atoms with E-state index in [0.717, 1.165) is 32.7 Å². The maximum Gasteiger partial charge on any atom is 0.294 e. The minimum absolute atomic E-state index is 0.151. The van der Waals surface area contributed by atoms with E-state index >= 15 is 0 Å². The molecule has 2 aliphatic carbocycles. The largest absolute Gasteiger partial charge is 0.369 e. The Hall–Kier alpha value is -4.53. The number of nitrogens with zero attached hydrogens (tertiary/aromatic N) is 3. The maximum absolute atomic E-state index is 12.2. The van der Waals surface area contributed by atoms with Gasteiger partial charge in [0.15, 0.2) is 5.96 Å². The molecule has 3 N–H and O–H groups in total. The summed E-state index contributed by atoms with van der Waals surface area (Å²) in [5.41, 5.74) is 9.46. The van der Waals surface area contributed by atoms with Gasteiger partial charge in [0.2, 0.25) is 0 Å². The number of nitrogens with one attached hydrogen (secondary N) is 1. The van der Waals surface area contributed by atoms with Gasteiger partial charge in [-0.25, -0.2) is 0 Å². The Morgan fingerprint density at radius 3 is 1.62 bits per heavy atom. The van der Waals surface area contributed by atoms with Crippen LogP contribution >= 0.6 is 0 Å². The minimum Gasteiger partial charge on any atom is -0.369 e. The third-order valence-electron chi connectivity index (χ3n) is 6.98. The van der Waals surface area contributed by atoms with Gasteiger partial charge in [0, 0.05) is 12.1 Å². The lowest BCUT2D eigenvalue weighted by Gasteiger charge is -2.27. The summed E-state index contributed by atoms with van der Waals surface area (Å²) in [6.07, 6.45) is 2.45. The lowest BCUT2D eigenvalue weighted by atomic mass is 9.98. The highest BCUT2D eigenvalue weighted by Gasteiger charge is 2.37. The molecule has 0 aromatic heterocycles. The average Bonchev–Trinajstić information content (AvgIpc) is 3.43. The van der Waals surface area contributed by atoms with Crippen molar-refractivity contribution in [2.45, 2.75) is 25.7 Å². The molecule has 0 spiro atoms. The van der Waals surface area contributed by atoms with Crippen molar-refractivity contribution in [1.82, 2.24) is 0 Å². The summed E-state index contributed by atoms with van der Waals surface area (Å²) in [7, 11) is 0. The van der Waals surface area contributed by atoms with Crippen LogP contribution in [-0.2, 0) is 25.7 Å². The summed E-state index contributed by atoms with van der Waals surface area (Å²) < 4.78 is 0. The summed E-state index contributed by atoms with van der Waals surface area (Å²) in [5.74, 6) is -0.494. The predicted molar refractivity (Wildman–Crippen MR) is 130 cm³/mol. The van der Waals surface area contributed by atoms with E-state index in [0.29, 0.717) is 36.8 Å². The molecule has 0 aliphatic heterocycles. The summed E-state index contributed by atoms with van der Waals surface area (Å²) in [6, 6.07) is 14.3. The standard InChI is InChI=1S/C25H19N5O4/c26-25(27)28(23-17-9-7-13-3-1-5-15(21(13)17)11-19(23)29(31)32)24-18-10-8-14-4-2-6-16(22(14)18)12-20(24)30(33)34/h1-6,11-12H,7-10H2,(H3,26,27). The monoisotopic (exact) mass is 453 g/mol. The number of hydrogen-bond acceptors (Lipinski definition) is 5. The van der Waals surface area contributed by atoms with Crippen molar-refractivity contribution in [3.05, 3.63) is 91.0 Å². The number of guanidine groups is 1. The van der Waals surface area contributed by atoms with Crippen molar-refractivity contribution in [2.75, 3.05) is 4.90 Å². The molecule has 4 aromatic carbocycles. The first-order chi connectivity index (χ1) is 16.4. The fraction of sp³-hybridized carbons (Fsp3) is 0.160. The van der Waals surface area contributed by atoms with Gasteiger partial charge in [0.25, 0.3) is 11.4 Å². The number of nitrogens with two attached hydrogens (primary N) is 1. The lowest BCUT2D eigenvalue weighted by Crippen LogP contribution is -2.34. The van der Waals surface area contributed by atoms with E-state index in [-0.39, 0.29) is 22.7 Å². The highest BCUT2D eigenvalue weighted by atomic mass is 16.6. The van der Waals surface area contributed by atoms with Crippen molar-refractivity contribution < 1.29 is 9.85 Å². The fourth-order valence-corrected chi connectivity index (χ4v) is 5.75. The molecule has 6 rings (SSSR count). The molecule has 34 heavy (non-hydrogen) atoms. The molecule has 4 aromatic rings. The number of anilines is 2. The van der Waals surface area contributed by atoms with Gasteiger partial charge in [-0.2, -0.15) is 0 Å². The SMILES string of the molecule is N=C(N)N(c1c([N+](=O)[O-])cc2cccc3c2c1CC3)c1c([N+](=O)[O-])cc2cccc3c2c1CC3. The van der Waals surface area contributed by atoms with E-state index in [2.05, 4.69) is 0 Å². The van der Waals surface area contributed by atoms with Crippen LogP contribution < -0.4 is 10.6 Å². The number of rotatable bonds is 4. The molecular weight excluding hydrogens is 434 g/mol. The first kappa shape index (κ1) is 20.1. The molecule has 0 saturated heterocycles. The molecular formula is C25H19N5O4. The second-order valence-corrected chi connectivity index (χ2v) is 8.71. The number of hydrogen-bond donors (Lipinski definition) is 2. The van der Waals surface area contributed by atoms with E-state index in [4.69, 9.17) is 11.1 Å². The Morgan fingerprint density at radius 2 is 1.24 bits per heavy atom. The highest BCUT2D eigenvalue weighted by Crippen LogP contribution is 2.50. The van der Waals surface area contributed by atoms with Crippen LogP contribution in [0.2, 0.25) is 0 Å². The van der Waals surface area contributed by atoms with Crippen molar-refractivity contribution >= 4 is 50.3 Å². The molecule has 0 radical (unpaired) electrons. The summed E-state index contributed by atoms with van der Waals surface area (Å²) >= 11 is 0. The van der Waals surface area contributed by atoms with Crippen molar-refractivity contribution in [3.63, 3.8) is 0 Å². The third-order valence-corrected chi connectivity index (χ3v) is 6.98. The van der Waals surface area contributed by atoms with Gasteiger partial charge < -0.3 is 5.73 Å². The molecule has 2 aliphatic rings. The van der Waals surface area contributed by atoms with Gasteiger partial charge in [0.05, 0.1) is 9.85 Å². The van der Waals surface area contributed by atoms with Crippen LogP contribution in [0, 0.1) is 25.6 Å². The predicted octanol–water partition coefficient (Wildman–Crippen LogP) is 5.04. The molecule has 9 heteroatoms. The zero-order valence-electron chi connectivity index (χ0n) is 18.0. The van der Waals surface area contributed by atoms with Gasteiger partial charge in [-0.1, -0.05) is 36.4 Å². The molecule has 0 atom stereocenters. The highest BCUT2D eigenvalue weighted by molar-refractivity contribution is 6.12. The number of aryl methyl sites for hydroxylation is 4. The molecule has 9 nitrogen and oxygen atoms in total. The average molecular weight is 453 g/mol. The van der Waals surface area contributed by atoms with E-state index < -0.39 is 15.8 Å². The van der Waals surface area contributed by atoms with Crippen LogP contribution in [0.4, 0.5) is 22.7 Å². The quantitative estimate of drug-likeness (QED) is 0.192. The van der Waals surface area contributed by atoms with E-state index in [9.17, 15) is 20.2 Å². The van der Waals surface area contributed by atoms with Crippen molar-refractivity contribution in [1.29, 1.82) is 5.41 Å². The fourth-order valence-electron chi connectivity index (χ4n) is 5.75. The van der Waals surface area contributed by atoms with Crippen LogP contribution in [-0.4, -0.2) is 15.8 Å². The van der Waals surface area contributed by atoms with Crippen LogP contribution in [0.15, 0.2) is 48.5 Å². The molecule has 168 valence electrons. The number of nitro benzene ring substituents is 2. The smallest absolute Gasteiger partial charge is 0.294 e. The molecule has 0 amide bonds. The molecule has 0 heterocycles. The second kappa shape index (κ2) is 6.98. The number of benzene rings is 4. The minimum atomic E-state index is -0.496. The Morgan fingerprint density at radius 1 is 0.794 bits per heavy atom. The zero-order valence-corrected chi connectivity index (χ0v) is 18.0. The Labute approximate surface area is 193 Å². The first-order valence-electron chi connectivity index (χ1n) is 10.9. The normalized spacial score (nSPS) is 13.5. The van der Waals surface area contributed by atoms with Crippen molar-refractivity contribution in [3.8, 4) is 0 Å². The molecule has 0 saturated carbocycles. The molecule has 0 unspecified atom stereocenters. The van der Waals surface area contributed by atoms with Gasteiger partial charge in [-0.05, 0) is 69.5 Å². The van der Waals surface area contributed by atoms with Crippen LogP contribution in [0.25, 0.3) is 21.5 Å². The summed E-state index contributed by atoms with van der Waals surface area (Å²) in [4.78, 5) is 24.7. The second-order valence-electron chi connectivity index (χ2n) is 8.71. The van der Waals surface area contributed by atoms with Crippen LogP contribution in [0.3, 0.4) is 0 Å². The maximum atomic E-state index is 12.2. The van der Waals surface area contributed by atoms with Gasteiger partial charge >= 0.3 is 0 Å². The zero-order chi connectivity index (χ0) is 23.7. The third kappa shape index (κ3) is 2.63. The lowest BCUT2D eigenvalue weighted by molar-refractivity contribution is -0.384. The van der Waals surface area contributed by atoms with Gasteiger partial charge in [0.1, 0.15) is 11.4 Å². The van der Waals surface area contributed by atoms with Crippen LogP contribution in [0.5, 0.6) is 0 Å². The van der Waals surface area contributed by atoms with E-state index in [1.165, 1.54) is 17.0 Å². The Bertz CT molecular complexity index is 1500. The van der Waals surface area contributed by atoms with Gasteiger partial charge in [-0.3, -0.25) is 30.5 Å². The molecule has 0 fully saturated rings. The van der Waals surface area contributed by atoms with E-state index in [1.54, 1.807) is 0 Å². The van der Waals surface area contributed by atoms with E-state index in [1.807, 2.05) is 36.4 Å². The Kier molecular flexibility index (Phi) is 4.13. The first-order valence-corrected chi connectivity index (χ1v) is 10.9. The number of nitro groups is 2. The summed E-state index contributed by atoms with van der Waals surface area (Å²) in [6.45, 7) is 0. The molecule has 0 bridgehead atoms. The summed E-state index contributed by atoms with van der Waals surface area (Å²) in [5, 5.41) is 36.2. The van der Waals surface area contributed by atoms with Crippen LogP contribution in [0.1, 0.15) is 22.3 Å². The topological polar surface area (TPSA) is 139 Å². The van der Waals surface area contributed by atoms with Gasteiger partial charge in [-0.15, -0.1) is 0 Å².